The van der Waals surface area contributed by atoms with Crippen LogP contribution in [-0.4, -0.2) is 84.6 Å². The Bertz CT molecular complexity index is 1330. The summed E-state index contributed by atoms with van der Waals surface area (Å²) in [6.45, 7) is 5.33. The second-order valence-corrected chi connectivity index (χ2v) is 10.4. The number of morpholine rings is 1. The monoisotopic (exact) mass is 598 g/mol. The zero-order valence-corrected chi connectivity index (χ0v) is 23.8. The first-order valence-corrected chi connectivity index (χ1v) is 14.1. The van der Waals surface area contributed by atoms with Crippen LogP contribution in [0.15, 0.2) is 47.0 Å². The van der Waals surface area contributed by atoms with Crippen molar-refractivity contribution in [1.82, 2.24) is 20.2 Å². The smallest absolute Gasteiger partial charge is 0.432 e. The average Bonchev–Trinajstić information content (AvgIpc) is 3.02. The lowest BCUT2D eigenvalue weighted by Gasteiger charge is -2.38. The Labute approximate surface area is 248 Å². The van der Waals surface area contributed by atoms with Gasteiger partial charge in [-0.05, 0) is 56.8 Å². The fraction of sp³-hybridized carbons (Fsp3) is 0.483. The lowest BCUT2D eigenvalue weighted by molar-refractivity contribution is -0.0930. The summed E-state index contributed by atoms with van der Waals surface area (Å²) >= 11 is 0. The maximum Gasteiger partial charge on any atom is 0.432 e. The number of nitriles is 1. The minimum atomic E-state index is -4.77. The first-order valence-electron chi connectivity index (χ1n) is 14.1. The summed E-state index contributed by atoms with van der Waals surface area (Å²) in [5.74, 6) is 0.242. The van der Waals surface area contributed by atoms with Crippen molar-refractivity contribution >= 4 is 18.5 Å². The zero-order chi connectivity index (χ0) is 30.8. The van der Waals surface area contributed by atoms with Gasteiger partial charge in [0.1, 0.15) is 17.5 Å². The minimum absolute atomic E-state index is 0.0847. The van der Waals surface area contributed by atoms with Crippen LogP contribution in [0.3, 0.4) is 0 Å². The van der Waals surface area contributed by atoms with Crippen molar-refractivity contribution in [3.8, 4) is 22.9 Å². The molecule has 2 aromatic rings. The molecular formula is C29H35F3N9O2-. The number of aromatic nitrogens is 2. The Morgan fingerprint density at radius 2 is 1.93 bits per heavy atom. The molecule has 4 rings (SSSR count). The van der Waals surface area contributed by atoms with E-state index in [4.69, 9.17) is 20.6 Å². The van der Waals surface area contributed by atoms with Gasteiger partial charge in [0, 0.05) is 43.3 Å². The quantitative estimate of drug-likeness (QED) is 0.258. The number of ether oxygens (including phenoxy) is 2. The number of nitrogens with two attached hydrogens (primary N) is 1. The molecule has 2 aliphatic rings. The SMILES string of the molecule is C[C@@H](CNC=[N-])Oc1cc(-c2cnc(N/C(C=NC3CCC(N4CCOCC4)CC3)=C(/N)C(F)(F)F)nc2)ccc1C#N. The molecule has 0 bridgehead atoms. The molecule has 2 fully saturated rings. The molecule has 1 aromatic heterocycles. The summed E-state index contributed by atoms with van der Waals surface area (Å²) in [4.78, 5) is 15.2. The highest BCUT2D eigenvalue weighted by molar-refractivity contribution is 5.83. The Balaban J connectivity index is 1.45. The normalized spacial score (nSPS) is 21.0. The number of hydrogen-bond acceptors (Lipinski definition) is 9. The number of nitrogens with one attached hydrogen (secondary N) is 2. The molecule has 11 nitrogen and oxygen atoms in total. The van der Waals surface area contributed by atoms with Gasteiger partial charge in [-0.3, -0.25) is 9.89 Å². The van der Waals surface area contributed by atoms with E-state index in [1.807, 2.05) is 0 Å². The van der Waals surface area contributed by atoms with Gasteiger partial charge in [0.25, 0.3) is 0 Å². The van der Waals surface area contributed by atoms with Gasteiger partial charge in [0.15, 0.2) is 0 Å². The summed E-state index contributed by atoms with van der Waals surface area (Å²) in [6, 6.07) is 7.34. The third kappa shape index (κ3) is 8.89. The summed E-state index contributed by atoms with van der Waals surface area (Å²) < 4.78 is 52.0. The Morgan fingerprint density at radius 3 is 2.56 bits per heavy atom. The maximum absolute atomic E-state index is 13.6. The molecule has 1 aliphatic carbocycles. The molecule has 4 N–H and O–H groups in total. The van der Waals surface area contributed by atoms with E-state index in [0.29, 0.717) is 35.0 Å². The molecule has 1 aromatic carbocycles. The lowest BCUT2D eigenvalue weighted by Crippen LogP contribution is -2.45. The Morgan fingerprint density at radius 1 is 1.23 bits per heavy atom. The van der Waals surface area contributed by atoms with Gasteiger partial charge in [0.2, 0.25) is 5.95 Å². The van der Waals surface area contributed by atoms with Gasteiger partial charge in [-0.15, -0.1) is 6.34 Å². The van der Waals surface area contributed by atoms with Crippen LogP contribution in [0, 0.1) is 11.3 Å². The Kier molecular flexibility index (Phi) is 10.9. The average molecular weight is 599 g/mol. The highest BCUT2D eigenvalue weighted by atomic mass is 19.4. The first-order chi connectivity index (χ1) is 20.7. The summed E-state index contributed by atoms with van der Waals surface area (Å²) in [5.41, 5.74) is 5.24. The predicted molar refractivity (Wildman–Crippen MR) is 158 cm³/mol. The summed E-state index contributed by atoms with van der Waals surface area (Å²) in [5, 5.41) is 23.5. The van der Waals surface area contributed by atoms with E-state index in [1.54, 1.807) is 25.1 Å². The van der Waals surface area contributed by atoms with E-state index < -0.39 is 17.6 Å². The topological polar surface area (TPSA) is 156 Å². The maximum atomic E-state index is 13.6. The summed E-state index contributed by atoms with van der Waals surface area (Å²) in [7, 11) is 0. The Hall–Kier alpha value is -4.22. The molecule has 1 aliphatic heterocycles. The largest absolute Gasteiger partial charge is 0.489 e. The molecular weight excluding hydrogens is 563 g/mol. The molecule has 43 heavy (non-hydrogen) atoms. The van der Waals surface area contributed by atoms with Crippen molar-refractivity contribution in [2.75, 3.05) is 38.2 Å². The van der Waals surface area contributed by atoms with E-state index in [0.717, 1.165) is 64.5 Å². The standard InChI is InChI=1S/C29H35F3N9O2/c1-19(14-36-18-34)43-26-12-20(2-3-21(26)13-33)22-15-38-28(39-16-22)40-25(27(35)29(30,31)32)17-37-23-4-6-24(7-5-23)41-8-10-42-11-9-41/h2-3,12,15-19,23-24H,4-11,14,35H2,1H3,(H2-,34,36,38,39,40)/q-1/b27-25+,37-17?/t19-,23?,24?/m0/s1. The van der Waals surface area contributed by atoms with Crippen LogP contribution in [0.1, 0.15) is 38.2 Å². The molecule has 14 heteroatoms. The zero-order valence-electron chi connectivity index (χ0n) is 23.8. The molecule has 0 radical (unpaired) electrons. The molecule has 0 spiro atoms. The first kappa shape index (κ1) is 31.7. The fourth-order valence-electron chi connectivity index (χ4n) is 5.05. The van der Waals surface area contributed by atoms with Gasteiger partial charge < -0.3 is 31.3 Å². The molecule has 1 saturated carbocycles. The second-order valence-electron chi connectivity index (χ2n) is 10.4. The number of aliphatic imine (C=N–C) groups is 1. The fourth-order valence-corrected chi connectivity index (χ4v) is 5.05. The van der Waals surface area contributed by atoms with Gasteiger partial charge >= 0.3 is 6.18 Å². The van der Waals surface area contributed by atoms with Crippen molar-refractivity contribution < 1.29 is 22.6 Å². The lowest BCUT2D eigenvalue weighted by atomic mass is 9.90. The van der Waals surface area contributed by atoms with Crippen LogP contribution in [0.4, 0.5) is 19.1 Å². The molecule has 0 amide bonds. The van der Waals surface area contributed by atoms with Gasteiger partial charge in [-0.1, -0.05) is 6.07 Å². The van der Waals surface area contributed by atoms with Crippen LogP contribution < -0.4 is 21.1 Å². The van der Waals surface area contributed by atoms with E-state index in [-0.39, 0.29) is 18.1 Å². The van der Waals surface area contributed by atoms with Crippen molar-refractivity contribution in [2.24, 2.45) is 10.7 Å². The number of alkyl halides is 3. The number of nitrogens with zero attached hydrogens (tertiary/aromatic N) is 6. The number of rotatable bonds is 11. The third-order valence-corrected chi connectivity index (χ3v) is 7.40. The third-order valence-electron chi connectivity index (χ3n) is 7.40. The van der Waals surface area contributed by atoms with E-state index in [1.165, 1.54) is 12.4 Å². The molecule has 0 unspecified atom stereocenters. The van der Waals surface area contributed by atoms with Crippen molar-refractivity contribution in [3.63, 3.8) is 0 Å². The second kappa shape index (κ2) is 14.8. The summed E-state index contributed by atoms with van der Waals surface area (Å²) in [6.07, 6.45) is 3.08. The molecule has 1 saturated heterocycles. The van der Waals surface area contributed by atoms with E-state index in [9.17, 15) is 18.4 Å². The number of anilines is 1. The van der Waals surface area contributed by atoms with Gasteiger partial charge in [-0.2, -0.15) is 18.4 Å². The predicted octanol–water partition coefficient (Wildman–Crippen LogP) is 3.83. The van der Waals surface area contributed by atoms with E-state index in [2.05, 4.69) is 36.6 Å². The number of benzene rings is 1. The van der Waals surface area contributed by atoms with Gasteiger partial charge in [-0.25, -0.2) is 9.97 Å². The highest BCUT2D eigenvalue weighted by Gasteiger charge is 2.34. The number of hydrogen-bond donors (Lipinski definition) is 3. The van der Waals surface area contributed by atoms with Crippen LogP contribution in [0.25, 0.3) is 16.5 Å². The minimum Gasteiger partial charge on any atom is -0.489 e. The number of halogens is 3. The van der Waals surface area contributed by atoms with Crippen LogP contribution >= 0.6 is 0 Å². The van der Waals surface area contributed by atoms with E-state index >= 15 is 0 Å². The van der Waals surface area contributed by atoms with Crippen LogP contribution in [-0.2, 0) is 4.74 Å². The number of allylic oxidation sites excluding steroid dienone is 2. The molecule has 230 valence electrons. The van der Waals surface area contributed by atoms with Crippen molar-refractivity contribution in [2.45, 2.75) is 57.0 Å². The van der Waals surface area contributed by atoms with Crippen molar-refractivity contribution in [1.29, 1.82) is 5.26 Å². The molecule has 1 atom stereocenters. The van der Waals surface area contributed by atoms with Crippen LogP contribution in [0.2, 0.25) is 0 Å². The van der Waals surface area contributed by atoms with Gasteiger partial charge in [0.05, 0.1) is 36.6 Å². The molecule has 2 heterocycles. The highest BCUT2D eigenvalue weighted by Crippen LogP contribution is 2.29. The van der Waals surface area contributed by atoms with Crippen molar-refractivity contribution in [3.05, 3.63) is 53.0 Å². The van der Waals surface area contributed by atoms with Crippen LogP contribution in [0.5, 0.6) is 5.75 Å².